The molecule has 0 radical (unpaired) electrons. The van der Waals surface area contributed by atoms with E-state index in [1.807, 2.05) is 18.2 Å². The molecule has 0 spiro atoms. The van der Waals surface area contributed by atoms with Crippen LogP contribution >= 0.6 is 23.2 Å². The van der Waals surface area contributed by atoms with Crippen molar-refractivity contribution in [3.63, 3.8) is 0 Å². The minimum Gasteiger partial charge on any atom is -0.457 e. The summed E-state index contributed by atoms with van der Waals surface area (Å²) >= 11 is 12.0. The first-order valence-electron chi connectivity index (χ1n) is 7.54. The minimum atomic E-state index is 0.510. The van der Waals surface area contributed by atoms with Gasteiger partial charge in [-0.05, 0) is 62.7 Å². The first-order valence-corrected chi connectivity index (χ1v) is 8.29. The van der Waals surface area contributed by atoms with Gasteiger partial charge in [-0.25, -0.2) is 0 Å². The van der Waals surface area contributed by atoms with Gasteiger partial charge in [0.05, 0.1) is 10.0 Å². The van der Waals surface area contributed by atoms with Crippen molar-refractivity contribution in [2.75, 3.05) is 20.1 Å². The van der Waals surface area contributed by atoms with Gasteiger partial charge in [-0.15, -0.1) is 0 Å². The van der Waals surface area contributed by atoms with Crippen molar-refractivity contribution in [2.45, 2.75) is 18.8 Å². The quantitative estimate of drug-likeness (QED) is 0.724. The van der Waals surface area contributed by atoms with E-state index in [1.54, 1.807) is 12.1 Å². The van der Waals surface area contributed by atoms with E-state index >= 15 is 0 Å². The average Bonchev–Trinajstić information content (AvgIpc) is 2.52. The molecule has 0 amide bonds. The molecule has 0 atom stereocenters. The van der Waals surface area contributed by atoms with Crippen LogP contribution in [-0.2, 0) is 0 Å². The highest BCUT2D eigenvalue weighted by atomic mass is 35.5. The van der Waals surface area contributed by atoms with Crippen molar-refractivity contribution in [2.24, 2.45) is 0 Å². The van der Waals surface area contributed by atoms with Crippen LogP contribution < -0.4 is 4.74 Å². The molecule has 0 bridgehead atoms. The van der Waals surface area contributed by atoms with Gasteiger partial charge in [0.25, 0.3) is 0 Å². The smallest absolute Gasteiger partial charge is 0.130 e. The van der Waals surface area contributed by atoms with E-state index in [2.05, 4.69) is 24.1 Å². The van der Waals surface area contributed by atoms with Crippen LogP contribution in [-0.4, -0.2) is 25.0 Å². The Morgan fingerprint density at radius 1 is 1.00 bits per heavy atom. The number of hydrogen-bond acceptors (Lipinski definition) is 2. The normalized spacial score (nSPS) is 16.7. The van der Waals surface area contributed by atoms with Gasteiger partial charge < -0.3 is 9.64 Å². The number of halogens is 2. The Labute approximate surface area is 141 Å². The number of likely N-dealkylation sites (tertiary alicyclic amines) is 1. The Kier molecular flexibility index (Phi) is 4.92. The van der Waals surface area contributed by atoms with E-state index in [0.717, 1.165) is 37.4 Å². The van der Waals surface area contributed by atoms with Gasteiger partial charge in [-0.1, -0.05) is 41.4 Å². The number of nitrogens with zero attached hydrogens (tertiary/aromatic N) is 1. The first kappa shape index (κ1) is 15.7. The summed E-state index contributed by atoms with van der Waals surface area (Å²) in [4.78, 5) is 2.37. The summed E-state index contributed by atoms with van der Waals surface area (Å²) in [6.45, 7) is 2.26. The fraction of sp³-hybridized carbons (Fsp3) is 0.333. The second-order valence-electron chi connectivity index (χ2n) is 5.79. The SMILES string of the molecule is CN1CCC(c2ccccc2Oc2ccc(Cl)c(Cl)c2)CC1. The second kappa shape index (κ2) is 6.91. The van der Waals surface area contributed by atoms with E-state index in [-0.39, 0.29) is 0 Å². The fourth-order valence-electron chi connectivity index (χ4n) is 2.90. The summed E-state index contributed by atoms with van der Waals surface area (Å²) in [6, 6.07) is 13.6. The highest BCUT2D eigenvalue weighted by Crippen LogP contribution is 2.37. The molecule has 1 saturated heterocycles. The molecule has 3 rings (SSSR count). The number of rotatable bonds is 3. The monoisotopic (exact) mass is 335 g/mol. The van der Waals surface area contributed by atoms with Crippen LogP contribution in [0.4, 0.5) is 0 Å². The van der Waals surface area contributed by atoms with Gasteiger partial charge in [-0.3, -0.25) is 0 Å². The molecule has 1 aliphatic rings. The molecule has 116 valence electrons. The lowest BCUT2D eigenvalue weighted by Crippen LogP contribution is -2.29. The topological polar surface area (TPSA) is 12.5 Å². The molecule has 22 heavy (non-hydrogen) atoms. The highest BCUT2D eigenvalue weighted by molar-refractivity contribution is 6.42. The number of piperidine rings is 1. The Balaban J connectivity index is 1.83. The van der Waals surface area contributed by atoms with Crippen LogP contribution in [0.3, 0.4) is 0 Å². The van der Waals surface area contributed by atoms with E-state index in [0.29, 0.717) is 16.0 Å². The van der Waals surface area contributed by atoms with Crippen LogP contribution in [0.25, 0.3) is 0 Å². The lowest BCUT2D eigenvalue weighted by molar-refractivity contribution is 0.253. The van der Waals surface area contributed by atoms with E-state index < -0.39 is 0 Å². The molecule has 2 nitrogen and oxygen atoms in total. The Bertz CT molecular complexity index is 651. The molecule has 1 heterocycles. The van der Waals surface area contributed by atoms with Crippen molar-refractivity contribution < 1.29 is 4.74 Å². The molecule has 2 aromatic carbocycles. The van der Waals surface area contributed by atoms with Crippen LogP contribution in [0.5, 0.6) is 11.5 Å². The van der Waals surface area contributed by atoms with Gasteiger partial charge in [0.2, 0.25) is 0 Å². The third-order valence-corrected chi connectivity index (χ3v) is 4.94. The van der Waals surface area contributed by atoms with Crippen LogP contribution in [0.1, 0.15) is 24.3 Å². The number of benzene rings is 2. The lowest BCUT2D eigenvalue weighted by atomic mass is 9.89. The molecule has 0 aliphatic carbocycles. The van der Waals surface area contributed by atoms with Crippen molar-refractivity contribution in [3.05, 3.63) is 58.1 Å². The zero-order valence-electron chi connectivity index (χ0n) is 12.6. The number of para-hydroxylation sites is 1. The van der Waals surface area contributed by atoms with Crippen molar-refractivity contribution in [1.29, 1.82) is 0 Å². The molecule has 4 heteroatoms. The van der Waals surface area contributed by atoms with Crippen LogP contribution in [0, 0.1) is 0 Å². The largest absolute Gasteiger partial charge is 0.457 e. The summed E-state index contributed by atoms with van der Waals surface area (Å²) in [5.74, 6) is 2.18. The number of ether oxygens (including phenoxy) is 1. The zero-order valence-corrected chi connectivity index (χ0v) is 14.1. The standard InChI is InChI=1S/C18H19Cl2NO/c1-21-10-8-13(9-11-21)15-4-2-3-5-18(15)22-14-6-7-16(19)17(20)12-14/h2-7,12-13H,8-11H2,1H3. The second-order valence-corrected chi connectivity index (χ2v) is 6.61. The molecule has 0 N–H and O–H groups in total. The summed E-state index contributed by atoms with van der Waals surface area (Å²) < 4.78 is 6.07. The van der Waals surface area contributed by atoms with Crippen LogP contribution in [0.15, 0.2) is 42.5 Å². The predicted molar refractivity (Wildman–Crippen MR) is 92.5 cm³/mol. The highest BCUT2D eigenvalue weighted by Gasteiger charge is 2.21. The zero-order chi connectivity index (χ0) is 15.5. The van der Waals surface area contributed by atoms with Crippen molar-refractivity contribution >= 4 is 23.2 Å². The molecule has 0 aromatic heterocycles. The molecule has 2 aromatic rings. The molecule has 1 fully saturated rings. The molecule has 1 aliphatic heterocycles. The van der Waals surface area contributed by atoms with Gasteiger partial charge in [0, 0.05) is 6.07 Å². The Hall–Kier alpha value is -1.22. The summed E-state index contributed by atoms with van der Waals surface area (Å²) in [5, 5.41) is 1.05. The molecular weight excluding hydrogens is 317 g/mol. The first-order chi connectivity index (χ1) is 10.6. The summed E-state index contributed by atoms with van der Waals surface area (Å²) in [6.07, 6.45) is 2.33. The summed E-state index contributed by atoms with van der Waals surface area (Å²) in [7, 11) is 2.17. The Morgan fingerprint density at radius 3 is 2.45 bits per heavy atom. The van der Waals surface area contributed by atoms with Gasteiger partial charge in [-0.2, -0.15) is 0 Å². The van der Waals surface area contributed by atoms with E-state index in [9.17, 15) is 0 Å². The molecule has 0 unspecified atom stereocenters. The fourth-order valence-corrected chi connectivity index (χ4v) is 3.19. The van der Waals surface area contributed by atoms with Gasteiger partial charge >= 0.3 is 0 Å². The molecular formula is C18H19Cl2NO. The third kappa shape index (κ3) is 3.57. The number of hydrogen-bond donors (Lipinski definition) is 0. The summed E-state index contributed by atoms with van der Waals surface area (Å²) in [5.41, 5.74) is 1.28. The minimum absolute atomic E-state index is 0.510. The Morgan fingerprint density at radius 2 is 1.73 bits per heavy atom. The van der Waals surface area contributed by atoms with E-state index in [4.69, 9.17) is 27.9 Å². The van der Waals surface area contributed by atoms with E-state index in [1.165, 1.54) is 5.56 Å². The van der Waals surface area contributed by atoms with Gasteiger partial charge in [0.1, 0.15) is 11.5 Å². The van der Waals surface area contributed by atoms with Gasteiger partial charge in [0.15, 0.2) is 0 Å². The lowest BCUT2D eigenvalue weighted by Gasteiger charge is -2.30. The van der Waals surface area contributed by atoms with Crippen molar-refractivity contribution in [3.8, 4) is 11.5 Å². The van der Waals surface area contributed by atoms with Crippen LogP contribution in [0.2, 0.25) is 10.0 Å². The average molecular weight is 336 g/mol. The van der Waals surface area contributed by atoms with Crippen molar-refractivity contribution in [1.82, 2.24) is 4.90 Å². The molecule has 0 saturated carbocycles. The maximum atomic E-state index is 6.07. The maximum Gasteiger partial charge on any atom is 0.130 e. The third-order valence-electron chi connectivity index (χ3n) is 4.20. The predicted octanol–water partition coefficient (Wildman–Crippen LogP) is 5.59. The maximum absolute atomic E-state index is 6.07.